The van der Waals surface area contributed by atoms with Gasteiger partial charge in [-0.25, -0.2) is 8.78 Å². The van der Waals surface area contributed by atoms with Crippen LogP contribution in [0.25, 0.3) is 0 Å². The van der Waals surface area contributed by atoms with Crippen molar-refractivity contribution in [3.63, 3.8) is 0 Å². The largest absolute Gasteiger partial charge is 0.494 e. The first-order valence-electron chi connectivity index (χ1n) is 6.04. The van der Waals surface area contributed by atoms with Crippen molar-refractivity contribution in [1.82, 2.24) is 0 Å². The van der Waals surface area contributed by atoms with E-state index in [2.05, 4.69) is 0 Å². The third-order valence-electron chi connectivity index (χ3n) is 3.06. The Morgan fingerprint density at radius 2 is 1.90 bits per heavy atom. The quantitative estimate of drug-likeness (QED) is 0.930. The molecule has 5 heteroatoms. The van der Waals surface area contributed by atoms with Crippen LogP contribution in [0.4, 0.5) is 8.78 Å². The molecule has 0 saturated carbocycles. The van der Waals surface area contributed by atoms with E-state index < -0.39 is 17.7 Å². The first-order chi connectivity index (χ1) is 9.51. The number of methoxy groups -OCH3 is 1. The molecule has 0 fully saturated rings. The second-order valence-corrected chi connectivity index (χ2v) is 4.88. The number of hydrogen-bond acceptors (Lipinski definition) is 2. The Hall–Kier alpha value is -1.65. The van der Waals surface area contributed by atoms with Crippen molar-refractivity contribution in [2.24, 2.45) is 5.73 Å². The van der Waals surface area contributed by atoms with E-state index in [0.29, 0.717) is 16.1 Å². The van der Waals surface area contributed by atoms with Gasteiger partial charge in [-0.15, -0.1) is 0 Å². The summed E-state index contributed by atoms with van der Waals surface area (Å²) in [6.07, 6.45) is 0.289. The monoisotopic (exact) mass is 297 g/mol. The number of halogens is 3. The Bertz CT molecular complexity index is 619. The van der Waals surface area contributed by atoms with Crippen LogP contribution >= 0.6 is 11.6 Å². The van der Waals surface area contributed by atoms with Crippen molar-refractivity contribution in [3.8, 4) is 5.75 Å². The van der Waals surface area contributed by atoms with Gasteiger partial charge < -0.3 is 10.5 Å². The van der Waals surface area contributed by atoms with E-state index in [0.717, 1.165) is 0 Å². The highest BCUT2D eigenvalue weighted by molar-refractivity contribution is 6.30. The highest BCUT2D eigenvalue weighted by Crippen LogP contribution is 2.25. The van der Waals surface area contributed by atoms with Gasteiger partial charge in [0, 0.05) is 11.1 Å². The fraction of sp³-hybridized carbons (Fsp3) is 0.200. The highest BCUT2D eigenvalue weighted by Gasteiger charge is 2.13. The summed E-state index contributed by atoms with van der Waals surface area (Å²) in [4.78, 5) is 0. The second-order valence-electron chi connectivity index (χ2n) is 4.44. The summed E-state index contributed by atoms with van der Waals surface area (Å²) in [7, 11) is 1.38. The average molecular weight is 298 g/mol. The van der Waals surface area contributed by atoms with E-state index in [4.69, 9.17) is 22.1 Å². The Labute approximate surface area is 121 Å². The summed E-state index contributed by atoms with van der Waals surface area (Å²) in [5, 5.41) is 0.336. The SMILES string of the molecule is COc1cc(C(N)Cc2ccc(Cl)cc2F)ccc1F. The topological polar surface area (TPSA) is 35.2 Å². The highest BCUT2D eigenvalue weighted by atomic mass is 35.5. The lowest BCUT2D eigenvalue weighted by atomic mass is 9.99. The van der Waals surface area contributed by atoms with Crippen LogP contribution in [-0.4, -0.2) is 7.11 Å². The molecule has 0 bridgehead atoms. The molecule has 1 unspecified atom stereocenters. The van der Waals surface area contributed by atoms with Gasteiger partial charge in [-0.1, -0.05) is 23.7 Å². The number of nitrogens with two attached hydrogens (primary N) is 1. The van der Waals surface area contributed by atoms with Gasteiger partial charge in [-0.2, -0.15) is 0 Å². The minimum absolute atomic E-state index is 0.120. The van der Waals surface area contributed by atoms with Gasteiger partial charge in [0.05, 0.1) is 7.11 Å². The number of benzene rings is 2. The molecule has 2 nitrogen and oxygen atoms in total. The minimum atomic E-state index is -0.458. The zero-order valence-corrected chi connectivity index (χ0v) is 11.6. The third kappa shape index (κ3) is 3.26. The zero-order valence-electron chi connectivity index (χ0n) is 10.9. The molecule has 106 valence electrons. The molecule has 0 spiro atoms. The van der Waals surface area contributed by atoms with Gasteiger partial charge in [0.15, 0.2) is 11.6 Å². The first kappa shape index (κ1) is 14.8. The number of ether oxygens (including phenoxy) is 1. The van der Waals surface area contributed by atoms with Crippen molar-refractivity contribution in [3.05, 3.63) is 64.2 Å². The van der Waals surface area contributed by atoms with Crippen molar-refractivity contribution < 1.29 is 13.5 Å². The van der Waals surface area contributed by atoms with E-state index in [1.54, 1.807) is 18.2 Å². The van der Waals surface area contributed by atoms with Crippen LogP contribution in [0.5, 0.6) is 5.75 Å². The third-order valence-corrected chi connectivity index (χ3v) is 3.29. The maximum atomic E-state index is 13.7. The minimum Gasteiger partial charge on any atom is -0.494 e. The van der Waals surface area contributed by atoms with Crippen LogP contribution in [-0.2, 0) is 6.42 Å². The standard InChI is InChI=1S/C15H14ClF2NO/c1-20-15-7-10(3-5-12(15)17)14(19)6-9-2-4-11(16)8-13(9)18/h2-5,7-8,14H,6,19H2,1H3. The molecule has 0 saturated heterocycles. The Kier molecular flexibility index (Phi) is 4.57. The molecule has 20 heavy (non-hydrogen) atoms. The fourth-order valence-electron chi connectivity index (χ4n) is 1.95. The maximum Gasteiger partial charge on any atom is 0.165 e. The molecule has 0 aromatic heterocycles. The summed E-state index contributed by atoms with van der Waals surface area (Å²) in [5.74, 6) is -0.738. The van der Waals surface area contributed by atoms with E-state index in [-0.39, 0.29) is 12.2 Å². The van der Waals surface area contributed by atoms with Crippen LogP contribution in [0.15, 0.2) is 36.4 Å². The second kappa shape index (κ2) is 6.20. The molecular formula is C15H14ClF2NO. The molecule has 0 radical (unpaired) electrons. The zero-order chi connectivity index (χ0) is 14.7. The van der Waals surface area contributed by atoms with Crippen LogP contribution in [0.1, 0.15) is 17.2 Å². The molecule has 1 atom stereocenters. The van der Waals surface area contributed by atoms with Crippen LogP contribution in [0.2, 0.25) is 5.02 Å². The molecular weight excluding hydrogens is 284 g/mol. The van der Waals surface area contributed by atoms with Crippen LogP contribution < -0.4 is 10.5 Å². The van der Waals surface area contributed by atoms with Crippen molar-refractivity contribution >= 4 is 11.6 Å². The lowest BCUT2D eigenvalue weighted by Gasteiger charge is -2.14. The smallest absolute Gasteiger partial charge is 0.165 e. The molecule has 0 aliphatic heterocycles. The van der Waals surface area contributed by atoms with Gasteiger partial charge in [0.1, 0.15) is 5.82 Å². The summed E-state index contributed by atoms with van der Waals surface area (Å²) in [6, 6.07) is 8.36. The molecule has 0 heterocycles. The van der Waals surface area contributed by atoms with Gasteiger partial charge >= 0.3 is 0 Å². The summed E-state index contributed by atoms with van der Waals surface area (Å²) in [5.41, 5.74) is 7.17. The van der Waals surface area contributed by atoms with Crippen LogP contribution in [0.3, 0.4) is 0 Å². The molecule has 2 N–H and O–H groups in total. The molecule has 0 aliphatic carbocycles. The average Bonchev–Trinajstić information content (AvgIpc) is 2.42. The van der Waals surface area contributed by atoms with Gasteiger partial charge in [-0.3, -0.25) is 0 Å². The van der Waals surface area contributed by atoms with Gasteiger partial charge in [0.25, 0.3) is 0 Å². The van der Waals surface area contributed by atoms with Gasteiger partial charge in [-0.05, 0) is 41.8 Å². The van der Waals surface area contributed by atoms with Crippen molar-refractivity contribution in [2.75, 3.05) is 7.11 Å². The lowest BCUT2D eigenvalue weighted by Crippen LogP contribution is -2.14. The first-order valence-corrected chi connectivity index (χ1v) is 6.42. The van der Waals surface area contributed by atoms with Crippen LogP contribution in [0, 0.1) is 11.6 Å². The maximum absolute atomic E-state index is 13.7. The predicted octanol–water partition coefficient (Wildman–Crippen LogP) is 3.87. The van der Waals surface area contributed by atoms with Crippen molar-refractivity contribution in [1.29, 1.82) is 0 Å². The summed E-state index contributed by atoms with van der Waals surface area (Å²) < 4.78 is 31.9. The Morgan fingerprint density at radius 3 is 2.55 bits per heavy atom. The Morgan fingerprint density at radius 1 is 1.15 bits per heavy atom. The molecule has 0 aliphatic rings. The molecule has 2 aromatic rings. The number of rotatable bonds is 4. The van der Waals surface area contributed by atoms with E-state index in [1.807, 2.05) is 0 Å². The van der Waals surface area contributed by atoms with E-state index >= 15 is 0 Å². The molecule has 2 aromatic carbocycles. The lowest BCUT2D eigenvalue weighted by molar-refractivity contribution is 0.385. The molecule has 0 amide bonds. The predicted molar refractivity (Wildman–Crippen MR) is 75.0 cm³/mol. The number of hydrogen-bond donors (Lipinski definition) is 1. The summed E-state index contributed by atoms with van der Waals surface area (Å²) >= 11 is 5.70. The molecule has 2 rings (SSSR count). The normalized spacial score (nSPS) is 12.2. The van der Waals surface area contributed by atoms with Crippen molar-refractivity contribution in [2.45, 2.75) is 12.5 Å². The summed E-state index contributed by atoms with van der Waals surface area (Å²) in [6.45, 7) is 0. The van der Waals surface area contributed by atoms with E-state index in [1.165, 1.54) is 25.3 Å². The fourth-order valence-corrected chi connectivity index (χ4v) is 2.11. The van der Waals surface area contributed by atoms with Gasteiger partial charge in [0.2, 0.25) is 0 Å². The van der Waals surface area contributed by atoms with E-state index in [9.17, 15) is 8.78 Å². The Balaban J connectivity index is 2.21.